The molecule has 2 amide bonds. The van der Waals surface area contributed by atoms with Gasteiger partial charge in [-0.15, -0.1) is 0 Å². The molecule has 0 saturated carbocycles. The van der Waals surface area contributed by atoms with Crippen molar-refractivity contribution in [2.75, 3.05) is 17.3 Å². The molecule has 0 radical (unpaired) electrons. The summed E-state index contributed by atoms with van der Waals surface area (Å²) >= 11 is 7.49. The summed E-state index contributed by atoms with van der Waals surface area (Å²) in [5.74, 6) is 1.15. The summed E-state index contributed by atoms with van der Waals surface area (Å²) in [7, 11) is 0. The van der Waals surface area contributed by atoms with Crippen molar-refractivity contribution in [3.05, 3.63) is 83.0 Å². The van der Waals surface area contributed by atoms with Gasteiger partial charge >= 0.3 is 0 Å². The van der Waals surface area contributed by atoms with Crippen LogP contribution in [-0.4, -0.2) is 34.8 Å². The predicted octanol–water partition coefficient (Wildman–Crippen LogP) is 5.33. The molecule has 0 bridgehead atoms. The first-order valence-electron chi connectivity index (χ1n) is 10.0. The van der Waals surface area contributed by atoms with E-state index in [1.165, 1.54) is 6.20 Å². The third-order valence-electron chi connectivity index (χ3n) is 4.55. The fourth-order valence-corrected chi connectivity index (χ4v) is 3.50. The number of pyridine rings is 1. The maximum absolute atomic E-state index is 12.9. The summed E-state index contributed by atoms with van der Waals surface area (Å²) < 4.78 is 5.66. The predicted molar refractivity (Wildman–Crippen MR) is 130 cm³/mol. The van der Waals surface area contributed by atoms with Crippen molar-refractivity contribution in [1.29, 1.82) is 0 Å². The number of halogens is 1. The fraction of sp³-hybridized carbons (Fsp3) is 0.208. The smallest absolute Gasteiger partial charge is 0.251 e. The zero-order valence-electron chi connectivity index (χ0n) is 17.8. The van der Waals surface area contributed by atoms with Crippen LogP contribution in [0.3, 0.4) is 0 Å². The third kappa shape index (κ3) is 7.00. The average Bonchev–Trinajstić information content (AvgIpc) is 2.79. The van der Waals surface area contributed by atoms with E-state index in [9.17, 15) is 9.59 Å². The molecule has 0 aliphatic heterocycles. The second-order valence-corrected chi connectivity index (χ2v) is 8.53. The van der Waals surface area contributed by atoms with Crippen LogP contribution in [0.15, 0.2) is 66.9 Å². The lowest BCUT2D eigenvalue weighted by Gasteiger charge is -2.18. The summed E-state index contributed by atoms with van der Waals surface area (Å²) in [5, 5.41) is 6.28. The number of amides is 2. The van der Waals surface area contributed by atoms with E-state index in [0.29, 0.717) is 34.3 Å². The highest BCUT2D eigenvalue weighted by Crippen LogP contribution is 2.22. The molecule has 0 spiro atoms. The number of benzene rings is 2. The Kier molecular flexibility index (Phi) is 8.53. The van der Waals surface area contributed by atoms with Crippen LogP contribution in [0.4, 0.5) is 5.69 Å². The summed E-state index contributed by atoms with van der Waals surface area (Å²) in [4.78, 5) is 29.7. The van der Waals surface area contributed by atoms with E-state index >= 15 is 0 Å². The maximum atomic E-state index is 12.9. The molecule has 0 fully saturated rings. The lowest BCUT2D eigenvalue weighted by Crippen LogP contribution is -2.44. The number of anilines is 1. The molecular weight excluding hydrogens is 446 g/mol. The van der Waals surface area contributed by atoms with E-state index in [-0.39, 0.29) is 11.8 Å². The summed E-state index contributed by atoms with van der Waals surface area (Å²) in [5.41, 5.74) is 2.02. The Morgan fingerprint density at radius 2 is 1.91 bits per heavy atom. The molecular formula is C24H24ClN3O3S. The van der Waals surface area contributed by atoms with Crippen LogP contribution in [0.5, 0.6) is 11.6 Å². The van der Waals surface area contributed by atoms with Gasteiger partial charge in [-0.25, -0.2) is 4.98 Å². The molecule has 1 unspecified atom stereocenters. The number of carbonyl (C=O) groups excluding carboxylic acids is 2. The quantitative estimate of drug-likeness (QED) is 0.443. The summed E-state index contributed by atoms with van der Waals surface area (Å²) in [6, 6.07) is 16.9. The molecule has 0 saturated heterocycles. The van der Waals surface area contributed by atoms with Crippen LogP contribution in [-0.2, 0) is 4.79 Å². The van der Waals surface area contributed by atoms with E-state index < -0.39 is 6.04 Å². The van der Waals surface area contributed by atoms with Gasteiger partial charge in [0, 0.05) is 16.7 Å². The Labute approximate surface area is 196 Å². The van der Waals surface area contributed by atoms with Gasteiger partial charge in [-0.05, 0) is 67.8 Å². The molecule has 1 heterocycles. The van der Waals surface area contributed by atoms with E-state index in [0.717, 1.165) is 11.3 Å². The number of nitrogens with one attached hydrogen (secondary N) is 2. The van der Waals surface area contributed by atoms with Gasteiger partial charge in [-0.3, -0.25) is 9.59 Å². The Hall–Kier alpha value is -3.03. The van der Waals surface area contributed by atoms with Crippen molar-refractivity contribution in [3.8, 4) is 11.6 Å². The first-order chi connectivity index (χ1) is 15.4. The Morgan fingerprint density at radius 1 is 1.12 bits per heavy atom. The number of rotatable bonds is 9. The van der Waals surface area contributed by atoms with E-state index in [2.05, 4.69) is 15.6 Å². The molecule has 2 aromatic carbocycles. The van der Waals surface area contributed by atoms with Gasteiger partial charge < -0.3 is 15.4 Å². The fourth-order valence-electron chi connectivity index (χ4n) is 2.90. The van der Waals surface area contributed by atoms with Gasteiger partial charge in [-0.2, -0.15) is 11.8 Å². The zero-order valence-corrected chi connectivity index (χ0v) is 19.4. The lowest BCUT2D eigenvalue weighted by molar-refractivity contribution is -0.118. The van der Waals surface area contributed by atoms with Gasteiger partial charge in [0.1, 0.15) is 11.8 Å². The number of hydrogen-bond donors (Lipinski definition) is 2. The first kappa shape index (κ1) is 23.6. The summed E-state index contributed by atoms with van der Waals surface area (Å²) in [6.07, 6.45) is 3.98. The summed E-state index contributed by atoms with van der Waals surface area (Å²) in [6.45, 7) is 1.92. The van der Waals surface area contributed by atoms with Crippen LogP contribution in [0.25, 0.3) is 0 Å². The molecule has 166 valence electrons. The number of ether oxygens (including phenoxy) is 1. The zero-order chi connectivity index (χ0) is 22.9. The molecule has 6 nitrogen and oxygen atoms in total. The van der Waals surface area contributed by atoms with Crippen molar-refractivity contribution in [3.63, 3.8) is 0 Å². The Balaban J connectivity index is 1.63. The molecule has 1 aromatic heterocycles. The molecule has 0 aliphatic carbocycles. The van der Waals surface area contributed by atoms with Crippen LogP contribution in [0.2, 0.25) is 5.02 Å². The SMILES string of the molecule is CSCCC(NC(=O)c1cccc(C)c1)C(=O)Nc1ccc(Oc2ccc(Cl)cc2)nc1. The molecule has 32 heavy (non-hydrogen) atoms. The van der Waals surface area contributed by atoms with E-state index in [1.54, 1.807) is 60.3 Å². The highest BCUT2D eigenvalue weighted by atomic mass is 35.5. The number of aromatic nitrogens is 1. The van der Waals surface area contributed by atoms with Crippen molar-refractivity contribution in [1.82, 2.24) is 10.3 Å². The molecule has 1 atom stereocenters. The van der Waals surface area contributed by atoms with Crippen LogP contribution in [0, 0.1) is 6.92 Å². The molecule has 3 rings (SSSR count). The maximum Gasteiger partial charge on any atom is 0.251 e. The monoisotopic (exact) mass is 469 g/mol. The molecule has 3 aromatic rings. The lowest BCUT2D eigenvalue weighted by atomic mass is 10.1. The van der Waals surface area contributed by atoms with Crippen molar-refractivity contribution in [2.45, 2.75) is 19.4 Å². The van der Waals surface area contributed by atoms with Gasteiger partial charge in [0.15, 0.2) is 0 Å². The Morgan fingerprint density at radius 3 is 2.56 bits per heavy atom. The minimum Gasteiger partial charge on any atom is -0.439 e. The number of nitrogens with zero attached hydrogens (tertiary/aromatic N) is 1. The van der Waals surface area contributed by atoms with Gasteiger partial charge in [0.25, 0.3) is 5.91 Å². The number of hydrogen-bond acceptors (Lipinski definition) is 5. The van der Waals surface area contributed by atoms with Crippen molar-refractivity contribution < 1.29 is 14.3 Å². The van der Waals surface area contributed by atoms with Gasteiger partial charge in [0.2, 0.25) is 11.8 Å². The second kappa shape index (κ2) is 11.5. The highest BCUT2D eigenvalue weighted by Gasteiger charge is 2.21. The molecule has 2 N–H and O–H groups in total. The van der Waals surface area contributed by atoms with Crippen LogP contribution >= 0.6 is 23.4 Å². The van der Waals surface area contributed by atoms with Crippen molar-refractivity contribution in [2.24, 2.45) is 0 Å². The Bertz CT molecular complexity index is 1060. The van der Waals surface area contributed by atoms with Crippen LogP contribution in [0.1, 0.15) is 22.3 Å². The largest absolute Gasteiger partial charge is 0.439 e. The highest BCUT2D eigenvalue weighted by molar-refractivity contribution is 7.98. The van der Waals surface area contributed by atoms with Gasteiger partial charge in [-0.1, -0.05) is 29.3 Å². The van der Waals surface area contributed by atoms with E-state index in [1.807, 2.05) is 25.3 Å². The average molecular weight is 470 g/mol. The first-order valence-corrected chi connectivity index (χ1v) is 11.8. The topological polar surface area (TPSA) is 80.3 Å². The van der Waals surface area contributed by atoms with Gasteiger partial charge in [0.05, 0.1) is 11.9 Å². The standard InChI is InChI=1S/C24H24ClN3O3S/c1-16-4-3-5-17(14-16)23(29)28-21(12-13-32-2)24(30)27-19-8-11-22(26-15-19)31-20-9-6-18(25)7-10-20/h3-11,14-15,21H,12-13H2,1-2H3,(H,27,30)(H,28,29). The van der Waals surface area contributed by atoms with Crippen molar-refractivity contribution >= 4 is 40.9 Å². The number of thioether (sulfide) groups is 1. The minimum absolute atomic E-state index is 0.278. The minimum atomic E-state index is -0.666. The third-order valence-corrected chi connectivity index (χ3v) is 5.45. The van der Waals surface area contributed by atoms with E-state index in [4.69, 9.17) is 16.3 Å². The number of aryl methyl sites for hydroxylation is 1. The molecule has 0 aliphatic rings. The normalized spacial score (nSPS) is 11.5. The number of carbonyl (C=O) groups is 2. The second-order valence-electron chi connectivity index (χ2n) is 7.11. The van der Waals surface area contributed by atoms with Crippen LogP contribution < -0.4 is 15.4 Å². The molecule has 8 heteroatoms.